The van der Waals surface area contributed by atoms with Gasteiger partial charge in [-0.05, 0) is 64.5 Å². The number of amides is 2. The molecule has 0 aliphatic carbocycles. The Balaban J connectivity index is 1.75. The lowest BCUT2D eigenvalue weighted by molar-refractivity contribution is -0.136. The molecule has 1 heterocycles. The number of nitrogens with one attached hydrogen (secondary N) is 2. The Hall–Kier alpha value is -2.47. The molecule has 2 rings (SSSR count). The van der Waals surface area contributed by atoms with Crippen molar-refractivity contribution in [1.29, 1.82) is 0 Å². The van der Waals surface area contributed by atoms with Crippen LogP contribution in [0.15, 0.2) is 36.5 Å². The number of anilines is 1. The Morgan fingerprint density at radius 3 is 2.72 bits per heavy atom. The molecule has 0 atom stereocenters. The molecule has 0 saturated heterocycles. The Morgan fingerprint density at radius 2 is 1.96 bits per heavy atom. The van der Waals surface area contributed by atoms with E-state index in [1.807, 2.05) is 18.2 Å². The molecule has 0 spiro atoms. The molecule has 0 aliphatic rings. The van der Waals surface area contributed by atoms with E-state index in [1.165, 1.54) is 0 Å². The van der Waals surface area contributed by atoms with Gasteiger partial charge in [-0.3, -0.25) is 14.6 Å². The lowest BCUT2D eigenvalue weighted by Crippen LogP contribution is -2.36. The molecule has 1 aromatic heterocycles. The fraction of sp³-hybridized carbons (Fsp3) is 0.421. The predicted molar refractivity (Wildman–Crippen MR) is 100 cm³/mol. The summed E-state index contributed by atoms with van der Waals surface area (Å²) in [6, 6.07) is 9.60. The second-order valence-corrected chi connectivity index (χ2v) is 6.40. The van der Waals surface area contributed by atoms with Crippen LogP contribution >= 0.6 is 0 Å². The Bertz CT molecular complexity index is 730. The standard InChI is InChI=1S/C19H26N4O2/c1-14(2)23(3)12-5-4-10-21-18(24)19(25)22-16-8-9-17-15(13-16)7-6-11-20-17/h6-9,11,13-14H,4-5,10,12H2,1-3H3,(H,21,24)(H,22,25). The van der Waals surface area contributed by atoms with Crippen LogP contribution in [0.25, 0.3) is 10.9 Å². The SMILES string of the molecule is CC(C)N(C)CCCCNC(=O)C(=O)Nc1ccc2ncccc2c1. The molecule has 2 N–H and O–H groups in total. The molecule has 25 heavy (non-hydrogen) atoms. The van der Waals surface area contributed by atoms with Gasteiger partial charge < -0.3 is 15.5 Å². The number of carbonyl (C=O) groups excluding carboxylic acids is 2. The smallest absolute Gasteiger partial charge is 0.313 e. The van der Waals surface area contributed by atoms with Crippen molar-refractivity contribution in [1.82, 2.24) is 15.2 Å². The zero-order valence-electron chi connectivity index (χ0n) is 15.1. The molecule has 134 valence electrons. The van der Waals surface area contributed by atoms with Crippen LogP contribution in [0.5, 0.6) is 0 Å². The summed E-state index contributed by atoms with van der Waals surface area (Å²) in [5.41, 5.74) is 1.43. The highest BCUT2D eigenvalue weighted by atomic mass is 16.2. The molecule has 6 heteroatoms. The number of unbranched alkanes of at least 4 members (excludes halogenated alkanes) is 1. The number of aromatic nitrogens is 1. The van der Waals surface area contributed by atoms with Gasteiger partial charge in [0.1, 0.15) is 0 Å². The van der Waals surface area contributed by atoms with E-state index < -0.39 is 11.8 Å². The fourth-order valence-corrected chi connectivity index (χ4v) is 2.37. The van der Waals surface area contributed by atoms with Gasteiger partial charge in [0, 0.05) is 29.9 Å². The zero-order chi connectivity index (χ0) is 18.2. The molecular formula is C19H26N4O2. The summed E-state index contributed by atoms with van der Waals surface area (Å²) in [5, 5.41) is 6.19. The van der Waals surface area contributed by atoms with Crippen LogP contribution in [0.4, 0.5) is 5.69 Å². The maximum absolute atomic E-state index is 12.0. The summed E-state index contributed by atoms with van der Waals surface area (Å²) in [7, 11) is 2.08. The number of benzene rings is 1. The molecular weight excluding hydrogens is 316 g/mol. The highest BCUT2D eigenvalue weighted by Gasteiger charge is 2.13. The van der Waals surface area contributed by atoms with E-state index in [1.54, 1.807) is 18.3 Å². The van der Waals surface area contributed by atoms with E-state index in [4.69, 9.17) is 0 Å². The quantitative estimate of drug-likeness (QED) is 0.598. The van der Waals surface area contributed by atoms with Gasteiger partial charge in [-0.2, -0.15) is 0 Å². The monoisotopic (exact) mass is 342 g/mol. The molecule has 0 saturated carbocycles. The van der Waals surface area contributed by atoms with E-state index in [0.717, 1.165) is 30.3 Å². The van der Waals surface area contributed by atoms with Crippen molar-refractivity contribution >= 4 is 28.4 Å². The summed E-state index contributed by atoms with van der Waals surface area (Å²) in [6.45, 7) is 5.77. The summed E-state index contributed by atoms with van der Waals surface area (Å²) in [5.74, 6) is -1.26. The number of fused-ring (bicyclic) bond motifs is 1. The van der Waals surface area contributed by atoms with Crippen molar-refractivity contribution in [2.75, 3.05) is 25.5 Å². The van der Waals surface area contributed by atoms with Gasteiger partial charge >= 0.3 is 11.8 Å². The van der Waals surface area contributed by atoms with Crippen LogP contribution in [-0.2, 0) is 9.59 Å². The van der Waals surface area contributed by atoms with Crippen LogP contribution in [-0.4, -0.2) is 47.9 Å². The minimum atomic E-state index is -0.650. The van der Waals surface area contributed by atoms with Gasteiger partial charge in [-0.1, -0.05) is 6.07 Å². The average molecular weight is 342 g/mol. The third-order valence-corrected chi connectivity index (χ3v) is 4.17. The largest absolute Gasteiger partial charge is 0.348 e. The number of hydrogen-bond donors (Lipinski definition) is 2. The molecule has 2 aromatic rings. The van der Waals surface area contributed by atoms with Crippen LogP contribution in [0.2, 0.25) is 0 Å². The number of hydrogen-bond acceptors (Lipinski definition) is 4. The highest BCUT2D eigenvalue weighted by molar-refractivity contribution is 6.39. The fourth-order valence-electron chi connectivity index (χ4n) is 2.37. The third kappa shape index (κ3) is 5.83. The van der Waals surface area contributed by atoms with Crippen molar-refractivity contribution in [3.05, 3.63) is 36.5 Å². The molecule has 6 nitrogen and oxygen atoms in total. The van der Waals surface area contributed by atoms with Gasteiger partial charge in [0.25, 0.3) is 0 Å². The van der Waals surface area contributed by atoms with Crippen molar-refractivity contribution in [2.24, 2.45) is 0 Å². The molecule has 0 fully saturated rings. The minimum Gasteiger partial charge on any atom is -0.348 e. The van der Waals surface area contributed by atoms with Gasteiger partial charge in [0.15, 0.2) is 0 Å². The maximum atomic E-state index is 12.0. The summed E-state index contributed by atoms with van der Waals surface area (Å²) >= 11 is 0. The van der Waals surface area contributed by atoms with Crippen LogP contribution in [0.1, 0.15) is 26.7 Å². The number of rotatable bonds is 7. The van der Waals surface area contributed by atoms with Gasteiger partial charge in [-0.25, -0.2) is 0 Å². The van der Waals surface area contributed by atoms with E-state index in [2.05, 4.69) is 41.4 Å². The number of pyridine rings is 1. The lowest BCUT2D eigenvalue weighted by Gasteiger charge is -2.20. The lowest BCUT2D eigenvalue weighted by atomic mass is 10.2. The van der Waals surface area contributed by atoms with Crippen LogP contribution in [0, 0.1) is 0 Å². The molecule has 1 aromatic carbocycles. The first kappa shape index (κ1) is 18.9. The second-order valence-electron chi connectivity index (χ2n) is 6.40. The summed E-state index contributed by atoms with van der Waals surface area (Å²) in [6.07, 6.45) is 3.54. The van der Waals surface area contributed by atoms with Crippen molar-refractivity contribution in [2.45, 2.75) is 32.7 Å². The maximum Gasteiger partial charge on any atom is 0.313 e. The van der Waals surface area contributed by atoms with Crippen molar-refractivity contribution < 1.29 is 9.59 Å². The van der Waals surface area contributed by atoms with E-state index in [9.17, 15) is 9.59 Å². The molecule has 0 bridgehead atoms. The second kappa shape index (κ2) is 9.13. The third-order valence-electron chi connectivity index (χ3n) is 4.17. The minimum absolute atomic E-state index is 0.500. The van der Waals surface area contributed by atoms with Crippen molar-refractivity contribution in [3.63, 3.8) is 0 Å². The molecule has 0 aliphatic heterocycles. The first-order valence-corrected chi connectivity index (χ1v) is 8.61. The Morgan fingerprint density at radius 1 is 1.16 bits per heavy atom. The predicted octanol–water partition coefficient (Wildman–Crippen LogP) is 2.41. The molecule has 0 radical (unpaired) electrons. The molecule has 0 unspecified atom stereocenters. The Kier molecular flexibility index (Phi) is 6.89. The Labute approximate surface area is 148 Å². The topological polar surface area (TPSA) is 74.3 Å². The summed E-state index contributed by atoms with van der Waals surface area (Å²) in [4.78, 5) is 30.3. The highest BCUT2D eigenvalue weighted by Crippen LogP contribution is 2.16. The van der Waals surface area contributed by atoms with Gasteiger partial charge in [0.2, 0.25) is 0 Å². The van der Waals surface area contributed by atoms with E-state index in [0.29, 0.717) is 18.3 Å². The van der Waals surface area contributed by atoms with E-state index >= 15 is 0 Å². The first-order valence-electron chi connectivity index (χ1n) is 8.61. The molecule has 2 amide bonds. The first-order chi connectivity index (χ1) is 12.0. The average Bonchev–Trinajstić information content (AvgIpc) is 2.60. The normalized spacial score (nSPS) is 11.1. The van der Waals surface area contributed by atoms with E-state index in [-0.39, 0.29) is 0 Å². The summed E-state index contributed by atoms with van der Waals surface area (Å²) < 4.78 is 0. The van der Waals surface area contributed by atoms with Crippen LogP contribution in [0.3, 0.4) is 0 Å². The number of carbonyl (C=O) groups is 2. The van der Waals surface area contributed by atoms with Gasteiger partial charge in [-0.15, -0.1) is 0 Å². The van der Waals surface area contributed by atoms with Crippen molar-refractivity contribution in [3.8, 4) is 0 Å². The zero-order valence-corrected chi connectivity index (χ0v) is 15.1. The van der Waals surface area contributed by atoms with Crippen LogP contribution < -0.4 is 10.6 Å². The van der Waals surface area contributed by atoms with Gasteiger partial charge in [0.05, 0.1) is 5.52 Å². The number of nitrogens with zero attached hydrogens (tertiary/aromatic N) is 2.